The van der Waals surface area contributed by atoms with Crippen molar-refractivity contribution in [2.24, 2.45) is 0 Å². The first-order valence-corrected chi connectivity index (χ1v) is 11.4. The minimum absolute atomic E-state index is 0.00770. The number of phenolic OH excluding ortho intramolecular Hbond substituents is 1. The molecule has 0 fully saturated rings. The Labute approximate surface area is 217 Å². The molecule has 1 amide bonds. The Balaban J connectivity index is 1.86. The fraction of sp³-hybridized carbons (Fsp3) is 0.160. The van der Waals surface area contributed by atoms with Gasteiger partial charge in [0.05, 0.1) is 38.7 Å². The molecule has 0 saturated carbocycles. The van der Waals surface area contributed by atoms with Gasteiger partial charge in [-0.2, -0.15) is 13.2 Å². The molecule has 2 N–H and O–H groups in total. The van der Waals surface area contributed by atoms with E-state index in [4.69, 9.17) is 23.2 Å². The van der Waals surface area contributed by atoms with E-state index >= 15 is 0 Å². The van der Waals surface area contributed by atoms with Crippen LogP contribution in [0.5, 0.6) is 5.75 Å². The Morgan fingerprint density at radius 1 is 1.11 bits per heavy atom. The predicted octanol–water partition coefficient (Wildman–Crippen LogP) is 6.51. The number of aromatic hydroxyl groups is 1. The molecule has 3 aromatic carbocycles. The van der Waals surface area contributed by atoms with E-state index in [1.807, 2.05) is 0 Å². The highest BCUT2D eigenvalue weighted by molar-refractivity contribution is 6.37. The molecule has 0 radical (unpaired) electrons. The maximum absolute atomic E-state index is 13.9. The van der Waals surface area contributed by atoms with E-state index in [1.54, 1.807) is 13.0 Å². The van der Waals surface area contributed by atoms with E-state index in [2.05, 4.69) is 10.3 Å². The van der Waals surface area contributed by atoms with E-state index in [0.29, 0.717) is 5.56 Å². The number of carbonyl (C=O) groups excluding carboxylic acids is 1. The molecule has 0 saturated heterocycles. The number of nitrogens with one attached hydrogen (secondary N) is 1. The second kappa shape index (κ2) is 10.0. The molecule has 192 valence electrons. The number of rotatable bonds is 5. The second-order valence-corrected chi connectivity index (χ2v) is 8.92. The van der Waals surface area contributed by atoms with Gasteiger partial charge in [-0.3, -0.25) is 14.2 Å². The van der Waals surface area contributed by atoms with Gasteiger partial charge in [-0.25, -0.2) is 9.37 Å². The summed E-state index contributed by atoms with van der Waals surface area (Å²) in [5, 5.41) is 11.8. The van der Waals surface area contributed by atoms with Gasteiger partial charge in [-0.1, -0.05) is 47.5 Å². The number of benzene rings is 3. The van der Waals surface area contributed by atoms with Crippen LogP contribution in [0.2, 0.25) is 10.0 Å². The van der Waals surface area contributed by atoms with Crippen molar-refractivity contribution in [1.29, 1.82) is 0 Å². The van der Waals surface area contributed by atoms with Gasteiger partial charge in [0.25, 0.3) is 11.5 Å². The molecule has 4 rings (SSSR count). The Bertz CT molecular complexity index is 1580. The average Bonchev–Trinajstić information content (AvgIpc) is 2.84. The molecular formula is C25H17Cl2F4N3O3. The third-order valence-electron chi connectivity index (χ3n) is 5.69. The molecule has 0 bridgehead atoms. The molecular weight excluding hydrogens is 537 g/mol. The number of nitrogens with zero attached hydrogens (tertiary/aromatic N) is 2. The zero-order chi connectivity index (χ0) is 27.1. The number of aryl methyl sites for hydroxylation is 1. The molecule has 0 atom stereocenters. The molecule has 0 aliphatic heterocycles. The zero-order valence-electron chi connectivity index (χ0n) is 19.0. The number of hydrogen-bond donors (Lipinski definition) is 2. The molecule has 0 spiro atoms. The summed E-state index contributed by atoms with van der Waals surface area (Å²) in [7, 11) is 0. The lowest BCUT2D eigenvalue weighted by atomic mass is 10.1. The first-order valence-electron chi connectivity index (χ1n) is 10.7. The van der Waals surface area contributed by atoms with Gasteiger partial charge in [0.2, 0.25) is 0 Å². The third-order valence-corrected chi connectivity index (χ3v) is 6.27. The third kappa shape index (κ3) is 5.12. The normalized spacial score (nSPS) is 11.6. The second-order valence-electron chi connectivity index (χ2n) is 8.10. The molecule has 1 heterocycles. The smallest absolute Gasteiger partial charge is 0.416 e. The van der Waals surface area contributed by atoms with Gasteiger partial charge in [0.15, 0.2) is 5.75 Å². The summed E-state index contributed by atoms with van der Waals surface area (Å²) in [6.45, 7) is -0.188. The van der Waals surface area contributed by atoms with Crippen molar-refractivity contribution in [3.63, 3.8) is 0 Å². The van der Waals surface area contributed by atoms with Crippen LogP contribution >= 0.6 is 23.2 Å². The van der Waals surface area contributed by atoms with Crippen LogP contribution in [0.15, 0.2) is 53.3 Å². The van der Waals surface area contributed by atoms with Crippen LogP contribution in [0.3, 0.4) is 0 Å². The summed E-state index contributed by atoms with van der Waals surface area (Å²) in [5.41, 5.74) is -1.53. The van der Waals surface area contributed by atoms with Crippen molar-refractivity contribution in [2.75, 3.05) is 5.32 Å². The molecule has 6 nitrogen and oxygen atoms in total. The van der Waals surface area contributed by atoms with Crippen LogP contribution in [0.4, 0.5) is 23.2 Å². The molecule has 1 aromatic heterocycles. The predicted molar refractivity (Wildman–Crippen MR) is 132 cm³/mol. The first kappa shape index (κ1) is 26.4. The van der Waals surface area contributed by atoms with E-state index in [0.717, 1.165) is 10.6 Å². The summed E-state index contributed by atoms with van der Waals surface area (Å²) >= 11 is 11.8. The molecule has 4 aromatic rings. The highest BCUT2D eigenvalue weighted by Gasteiger charge is 2.33. The number of alkyl halides is 4. The Hall–Kier alpha value is -3.63. The number of amides is 1. The molecule has 0 aliphatic carbocycles. The highest BCUT2D eigenvalue weighted by Crippen LogP contribution is 2.34. The topological polar surface area (TPSA) is 84.2 Å². The fourth-order valence-electron chi connectivity index (χ4n) is 3.86. The molecule has 37 heavy (non-hydrogen) atoms. The maximum atomic E-state index is 13.9. The highest BCUT2D eigenvalue weighted by atomic mass is 35.5. The average molecular weight is 554 g/mol. The summed E-state index contributed by atoms with van der Waals surface area (Å²) < 4.78 is 55.4. The number of fused-ring (bicyclic) bond motifs is 1. The van der Waals surface area contributed by atoms with E-state index < -0.39 is 42.2 Å². The van der Waals surface area contributed by atoms with Crippen LogP contribution in [0, 0.1) is 6.92 Å². The number of carbonyl (C=O) groups is 1. The van der Waals surface area contributed by atoms with Crippen molar-refractivity contribution in [2.45, 2.75) is 26.3 Å². The van der Waals surface area contributed by atoms with Crippen molar-refractivity contribution in [3.05, 3.63) is 97.0 Å². The summed E-state index contributed by atoms with van der Waals surface area (Å²) in [6.07, 6.45) is -4.69. The van der Waals surface area contributed by atoms with Crippen LogP contribution in [-0.2, 0) is 19.4 Å². The monoisotopic (exact) mass is 553 g/mol. The number of phenols is 1. The summed E-state index contributed by atoms with van der Waals surface area (Å²) in [6, 6.07) is 9.95. The van der Waals surface area contributed by atoms with Crippen LogP contribution in [0.1, 0.15) is 32.9 Å². The quantitative estimate of drug-likeness (QED) is 0.276. The Kier molecular flexibility index (Phi) is 7.16. The van der Waals surface area contributed by atoms with E-state index in [1.165, 1.54) is 36.4 Å². The first-order chi connectivity index (χ1) is 17.4. The molecule has 0 unspecified atom stereocenters. The summed E-state index contributed by atoms with van der Waals surface area (Å²) in [5.74, 6) is -1.51. The number of aromatic nitrogens is 2. The Morgan fingerprint density at radius 3 is 2.38 bits per heavy atom. The summed E-state index contributed by atoms with van der Waals surface area (Å²) in [4.78, 5) is 30.7. The van der Waals surface area contributed by atoms with Gasteiger partial charge in [-0.05, 0) is 42.3 Å². The fourth-order valence-corrected chi connectivity index (χ4v) is 4.35. The molecule has 12 heteroatoms. The SMILES string of the molecule is Cc1ccc(NC(=O)c2cc(Cl)c(O)c(Cl)c2)c2c(=O)n(Cc3ccccc3C(F)(F)F)c(CF)nc12. The van der Waals surface area contributed by atoms with Crippen LogP contribution < -0.4 is 10.9 Å². The lowest BCUT2D eigenvalue weighted by Crippen LogP contribution is -2.28. The number of hydrogen-bond acceptors (Lipinski definition) is 4. The van der Waals surface area contributed by atoms with Gasteiger partial charge in [-0.15, -0.1) is 0 Å². The minimum atomic E-state index is -4.69. The van der Waals surface area contributed by atoms with Crippen LogP contribution in [-0.4, -0.2) is 20.6 Å². The van der Waals surface area contributed by atoms with Crippen molar-refractivity contribution in [1.82, 2.24) is 9.55 Å². The van der Waals surface area contributed by atoms with Crippen LogP contribution in [0.25, 0.3) is 10.9 Å². The van der Waals surface area contributed by atoms with Crippen molar-refractivity contribution < 1.29 is 27.5 Å². The maximum Gasteiger partial charge on any atom is 0.416 e. The minimum Gasteiger partial charge on any atom is -0.505 e. The van der Waals surface area contributed by atoms with Crippen molar-refractivity contribution in [3.8, 4) is 5.75 Å². The number of anilines is 1. The lowest BCUT2D eigenvalue weighted by Gasteiger charge is -2.18. The van der Waals surface area contributed by atoms with Gasteiger partial charge >= 0.3 is 6.18 Å². The van der Waals surface area contributed by atoms with Gasteiger partial charge in [0, 0.05) is 5.56 Å². The van der Waals surface area contributed by atoms with E-state index in [9.17, 15) is 32.3 Å². The molecule has 0 aliphatic rings. The van der Waals surface area contributed by atoms with Gasteiger partial charge < -0.3 is 10.4 Å². The van der Waals surface area contributed by atoms with E-state index in [-0.39, 0.29) is 43.6 Å². The van der Waals surface area contributed by atoms with Gasteiger partial charge in [0.1, 0.15) is 12.5 Å². The lowest BCUT2D eigenvalue weighted by molar-refractivity contribution is -0.138. The standard InChI is InChI=1S/C25H17Cl2F4N3O3/c1-12-6-7-18(32-23(36)14-8-16(26)22(35)17(27)9-14)20-21(12)33-19(10-28)34(24(20)37)11-13-4-2-3-5-15(13)25(29,30)31/h2-9,35H,10-11H2,1H3,(H,32,36). The zero-order valence-corrected chi connectivity index (χ0v) is 20.5. The van der Waals surface area contributed by atoms with Crippen molar-refractivity contribution >= 4 is 45.7 Å². The Morgan fingerprint density at radius 2 is 1.76 bits per heavy atom. The number of halogens is 6. The largest absolute Gasteiger partial charge is 0.505 e.